The molecule has 2 atom stereocenters. The zero-order chi connectivity index (χ0) is 10.7. The highest BCUT2D eigenvalue weighted by atomic mass is 16.5. The summed E-state index contributed by atoms with van der Waals surface area (Å²) in [6.45, 7) is 1.09. The Balaban J connectivity index is 2.07. The molecule has 82 valence electrons. The first-order valence-electron chi connectivity index (χ1n) is 5.44. The van der Waals surface area contributed by atoms with Crippen molar-refractivity contribution in [2.24, 2.45) is 5.73 Å². The van der Waals surface area contributed by atoms with Crippen molar-refractivity contribution in [1.82, 2.24) is 5.32 Å². The van der Waals surface area contributed by atoms with Gasteiger partial charge < -0.3 is 15.8 Å². The quantitative estimate of drug-likeness (QED) is 0.787. The van der Waals surface area contributed by atoms with Gasteiger partial charge in [0.05, 0.1) is 7.11 Å². The molecule has 3 nitrogen and oxygen atoms in total. The first kappa shape index (κ1) is 10.5. The summed E-state index contributed by atoms with van der Waals surface area (Å²) in [6.07, 6.45) is 2.40. The minimum atomic E-state index is 0.0957. The van der Waals surface area contributed by atoms with Crippen LogP contribution in [0.1, 0.15) is 24.4 Å². The molecule has 0 radical (unpaired) electrons. The van der Waals surface area contributed by atoms with E-state index in [0.717, 1.165) is 12.3 Å². The number of nitrogens with one attached hydrogen (secondary N) is 1. The lowest BCUT2D eigenvalue weighted by Gasteiger charge is -2.19. The third kappa shape index (κ3) is 2.30. The average molecular weight is 206 g/mol. The van der Waals surface area contributed by atoms with Crippen LogP contribution < -0.4 is 15.8 Å². The minimum absolute atomic E-state index is 0.0957. The van der Waals surface area contributed by atoms with Gasteiger partial charge in [-0.15, -0.1) is 0 Å². The summed E-state index contributed by atoms with van der Waals surface area (Å²) in [5, 5.41) is 3.43. The second-order valence-electron chi connectivity index (χ2n) is 4.00. The van der Waals surface area contributed by atoms with Crippen LogP contribution in [0.5, 0.6) is 5.75 Å². The molecule has 0 bridgehead atoms. The molecule has 1 heterocycles. The number of ether oxygens (including phenoxy) is 1. The molecule has 1 aliphatic rings. The Kier molecular flexibility index (Phi) is 3.23. The molecule has 1 saturated heterocycles. The molecular weight excluding hydrogens is 188 g/mol. The fourth-order valence-electron chi connectivity index (χ4n) is 2.08. The van der Waals surface area contributed by atoms with Gasteiger partial charge in [-0.3, -0.25) is 0 Å². The molecule has 0 aromatic heterocycles. The molecule has 15 heavy (non-hydrogen) atoms. The maximum atomic E-state index is 6.19. The van der Waals surface area contributed by atoms with Crippen molar-refractivity contribution in [3.63, 3.8) is 0 Å². The summed E-state index contributed by atoms with van der Waals surface area (Å²) in [7, 11) is 1.67. The zero-order valence-electron chi connectivity index (χ0n) is 9.07. The number of nitrogens with two attached hydrogens (primary N) is 1. The lowest BCUT2D eigenvalue weighted by atomic mass is 9.99. The van der Waals surface area contributed by atoms with Gasteiger partial charge in [0.1, 0.15) is 5.75 Å². The summed E-state index contributed by atoms with van der Waals surface area (Å²) in [6, 6.07) is 8.54. The Morgan fingerprint density at radius 3 is 2.67 bits per heavy atom. The first-order chi connectivity index (χ1) is 7.31. The van der Waals surface area contributed by atoms with Gasteiger partial charge in [0.15, 0.2) is 0 Å². The van der Waals surface area contributed by atoms with Crippen LogP contribution in [0.3, 0.4) is 0 Å². The fourth-order valence-corrected chi connectivity index (χ4v) is 2.08. The van der Waals surface area contributed by atoms with E-state index in [0.29, 0.717) is 6.04 Å². The van der Waals surface area contributed by atoms with E-state index in [1.165, 1.54) is 18.4 Å². The molecule has 2 unspecified atom stereocenters. The van der Waals surface area contributed by atoms with Crippen molar-refractivity contribution in [3.8, 4) is 5.75 Å². The maximum absolute atomic E-state index is 6.19. The monoisotopic (exact) mass is 206 g/mol. The van der Waals surface area contributed by atoms with E-state index in [-0.39, 0.29) is 6.04 Å². The second-order valence-corrected chi connectivity index (χ2v) is 4.00. The van der Waals surface area contributed by atoms with Crippen molar-refractivity contribution in [2.75, 3.05) is 13.7 Å². The van der Waals surface area contributed by atoms with Crippen LogP contribution in [-0.4, -0.2) is 19.7 Å². The number of hydrogen-bond acceptors (Lipinski definition) is 3. The van der Waals surface area contributed by atoms with E-state index in [4.69, 9.17) is 10.5 Å². The lowest BCUT2D eigenvalue weighted by Crippen LogP contribution is -2.34. The number of benzene rings is 1. The molecule has 0 aliphatic carbocycles. The highest BCUT2D eigenvalue weighted by Gasteiger charge is 2.22. The summed E-state index contributed by atoms with van der Waals surface area (Å²) < 4.78 is 5.12. The Morgan fingerprint density at radius 2 is 2.13 bits per heavy atom. The van der Waals surface area contributed by atoms with Crippen LogP contribution in [0.15, 0.2) is 24.3 Å². The standard InChI is InChI=1S/C12H18N2O/c1-15-10-6-4-9(5-7-10)12(13)11-3-2-8-14-11/h4-7,11-12,14H,2-3,8,13H2,1H3. The zero-order valence-corrected chi connectivity index (χ0v) is 9.07. The maximum Gasteiger partial charge on any atom is 0.118 e. The van der Waals surface area contributed by atoms with Gasteiger partial charge in [-0.1, -0.05) is 12.1 Å². The molecule has 0 spiro atoms. The van der Waals surface area contributed by atoms with Crippen LogP contribution in [0.25, 0.3) is 0 Å². The SMILES string of the molecule is COc1ccc(C(N)C2CCCN2)cc1. The van der Waals surface area contributed by atoms with Gasteiger partial charge in [0.25, 0.3) is 0 Å². The Morgan fingerprint density at radius 1 is 1.40 bits per heavy atom. The molecule has 1 fully saturated rings. The third-order valence-corrected chi connectivity index (χ3v) is 3.03. The predicted molar refractivity (Wildman–Crippen MR) is 60.9 cm³/mol. The third-order valence-electron chi connectivity index (χ3n) is 3.03. The fraction of sp³-hybridized carbons (Fsp3) is 0.500. The Bertz CT molecular complexity index is 304. The van der Waals surface area contributed by atoms with Gasteiger partial charge in [-0.25, -0.2) is 0 Å². The van der Waals surface area contributed by atoms with Crippen molar-refractivity contribution >= 4 is 0 Å². The normalized spacial score (nSPS) is 22.7. The van der Waals surface area contributed by atoms with Crippen molar-refractivity contribution in [2.45, 2.75) is 24.9 Å². The van der Waals surface area contributed by atoms with Crippen LogP contribution in [0.2, 0.25) is 0 Å². The first-order valence-corrected chi connectivity index (χ1v) is 5.44. The van der Waals surface area contributed by atoms with E-state index in [1.807, 2.05) is 24.3 Å². The van der Waals surface area contributed by atoms with E-state index < -0.39 is 0 Å². The molecule has 1 aromatic rings. The molecule has 1 aromatic carbocycles. The molecule has 2 rings (SSSR count). The topological polar surface area (TPSA) is 47.3 Å². The Hall–Kier alpha value is -1.06. The van der Waals surface area contributed by atoms with Crippen LogP contribution in [0, 0.1) is 0 Å². The van der Waals surface area contributed by atoms with E-state index >= 15 is 0 Å². The van der Waals surface area contributed by atoms with Gasteiger partial charge in [0.2, 0.25) is 0 Å². The molecule has 0 saturated carbocycles. The second kappa shape index (κ2) is 4.64. The van der Waals surface area contributed by atoms with Gasteiger partial charge in [0, 0.05) is 12.1 Å². The van der Waals surface area contributed by atoms with Crippen LogP contribution >= 0.6 is 0 Å². The van der Waals surface area contributed by atoms with Crippen molar-refractivity contribution in [1.29, 1.82) is 0 Å². The molecule has 0 amide bonds. The molecule has 3 heteroatoms. The van der Waals surface area contributed by atoms with Crippen molar-refractivity contribution < 1.29 is 4.74 Å². The highest BCUT2D eigenvalue weighted by molar-refractivity contribution is 5.29. The Labute approximate surface area is 90.6 Å². The van der Waals surface area contributed by atoms with Crippen LogP contribution in [-0.2, 0) is 0 Å². The minimum Gasteiger partial charge on any atom is -0.497 e. The molecular formula is C12H18N2O. The molecule has 3 N–H and O–H groups in total. The lowest BCUT2D eigenvalue weighted by molar-refractivity contribution is 0.414. The molecule has 1 aliphatic heterocycles. The smallest absolute Gasteiger partial charge is 0.118 e. The predicted octanol–water partition coefficient (Wildman–Crippen LogP) is 1.45. The highest BCUT2D eigenvalue weighted by Crippen LogP contribution is 2.22. The number of methoxy groups -OCH3 is 1. The van der Waals surface area contributed by atoms with Gasteiger partial charge in [-0.2, -0.15) is 0 Å². The summed E-state index contributed by atoms with van der Waals surface area (Å²) in [4.78, 5) is 0. The van der Waals surface area contributed by atoms with Crippen LogP contribution in [0.4, 0.5) is 0 Å². The van der Waals surface area contributed by atoms with E-state index in [9.17, 15) is 0 Å². The summed E-state index contributed by atoms with van der Waals surface area (Å²) in [5.74, 6) is 0.880. The van der Waals surface area contributed by atoms with E-state index in [2.05, 4.69) is 5.32 Å². The number of rotatable bonds is 3. The summed E-state index contributed by atoms with van der Waals surface area (Å²) >= 11 is 0. The van der Waals surface area contributed by atoms with Crippen molar-refractivity contribution in [3.05, 3.63) is 29.8 Å². The number of hydrogen-bond donors (Lipinski definition) is 2. The summed E-state index contributed by atoms with van der Waals surface area (Å²) in [5.41, 5.74) is 7.36. The average Bonchev–Trinajstić information content (AvgIpc) is 2.82. The van der Waals surface area contributed by atoms with Gasteiger partial charge in [-0.05, 0) is 37.1 Å². The largest absolute Gasteiger partial charge is 0.497 e. The van der Waals surface area contributed by atoms with E-state index in [1.54, 1.807) is 7.11 Å². The van der Waals surface area contributed by atoms with Gasteiger partial charge >= 0.3 is 0 Å².